The lowest BCUT2D eigenvalue weighted by molar-refractivity contribution is 1.12. The van der Waals surface area contributed by atoms with Crippen LogP contribution in [0.1, 0.15) is 5.56 Å². The first-order valence-corrected chi connectivity index (χ1v) is 7.18. The van der Waals surface area contributed by atoms with Crippen LogP contribution in [0.2, 0.25) is 5.02 Å². The third kappa shape index (κ3) is 3.88. The fourth-order valence-electron chi connectivity index (χ4n) is 1.79. The van der Waals surface area contributed by atoms with E-state index in [9.17, 15) is 0 Å². The zero-order valence-electron chi connectivity index (χ0n) is 11.0. The molecule has 0 bridgehead atoms. The summed E-state index contributed by atoms with van der Waals surface area (Å²) in [5.41, 5.74) is 3.28. The summed E-state index contributed by atoms with van der Waals surface area (Å²) in [5, 5.41) is 4.12. The standard InChI is InChI=1S/C15H16BrClN2/c1-19(2)15-8-7-13(9-14(15)17)18-10-11-3-5-12(16)6-4-11/h3-9,18H,10H2,1-2H3. The Morgan fingerprint density at radius 2 is 1.79 bits per heavy atom. The molecule has 2 rings (SSSR count). The van der Waals surface area contributed by atoms with Crippen LogP contribution in [0, 0.1) is 0 Å². The van der Waals surface area contributed by atoms with E-state index in [-0.39, 0.29) is 0 Å². The van der Waals surface area contributed by atoms with Crippen LogP contribution in [-0.4, -0.2) is 14.1 Å². The number of benzene rings is 2. The lowest BCUT2D eigenvalue weighted by Crippen LogP contribution is -2.09. The summed E-state index contributed by atoms with van der Waals surface area (Å²) in [6, 6.07) is 14.3. The molecule has 0 atom stereocenters. The van der Waals surface area contributed by atoms with E-state index in [1.54, 1.807) is 0 Å². The highest BCUT2D eigenvalue weighted by molar-refractivity contribution is 9.10. The van der Waals surface area contributed by atoms with Crippen molar-refractivity contribution < 1.29 is 0 Å². The van der Waals surface area contributed by atoms with Crippen molar-refractivity contribution in [3.8, 4) is 0 Å². The van der Waals surface area contributed by atoms with Crippen LogP contribution in [0.15, 0.2) is 46.9 Å². The van der Waals surface area contributed by atoms with Crippen molar-refractivity contribution >= 4 is 38.9 Å². The number of nitrogens with zero attached hydrogens (tertiary/aromatic N) is 1. The van der Waals surface area contributed by atoms with E-state index in [0.29, 0.717) is 0 Å². The molecule has 0 heterocycles. The normalized spacial score (nSPS) is 10.3. The molecule has 0 aromatic heterocycles. The topological polar surface area (TPSA) is 15.3 Å². The van der Waals surface area contributed by atoms with E-state index >= 15 is 0 Å². The van der Waals surface area contributed by atoms with Gasteiger partial charge in [0, 0.05) is 30.8 Å². The highest BCUT2D eigenvalue weighted by atomic mass is 79.9. The summed E-state index contributed by atoms with van der Waals surface area (Å²) < 4.78 is 1.09. The molecule has 0 spiro atoms. The smallest absolute Gasteiger partial charge is 0.0659 e. The highest BCUT2D eigenvalue weighted by Gasteiger charge is 2.03. The molecule has 2 aromatic carbocycles. The summed E-state index contributed by atoms with van der Waals surface area (Å²) >= 11 is 9.67. The van der Waals surface area contributed by atoms with E-state index < -0.39 is 0 Å². The first-order chi connectivity index (χ1) is 9.06. The number of rotatable bonds is 4. The Hall–Kier alpha value is -1.19. The maximum atomic E-state index is 6.24. The summed E-state index contributed by atoms with van der Waals surface area (Å²) in [7, 11) is 3.96. The van der Waals surface area contributed by atoms with Gasteiger partial charge in [0.2, 0.25) is 0 Å². The molecule has 0 saturated heterocycles. The van der Waals surface area contributed by atoms with Gasteiger partial charge in [-0.25, -0.2) is 0 Å². The molecule has 100 valence electrons. The molecule has 1 N–H and O–H groups in total. The van der Waals surface area contributed by atoms with Crippen LogP contribution in [-0.2, 0) is 6.54 Å². The molecule has 0 aliphatic heterocycles. The Balaban J connectivity index is 2.04. The summed E-state index contributed by atoms with van der Waals surface area (Å²) in [4.78, 5) is 2.00. The zero-order valence-corrected chi connectivity index (χ0v) is 13.3. The largest absolute Gasteiger partial charge is 0.381 e. The van der Waals surface area contributed by atoms with E-state index in [4.69, 9.17) is 11.6 Å². The number of hydrogen-bond acceptors (Lipinski definition) is 2. The van der Waals surface area contributed by atoms with Crippen molar-refractivity contribution in [1.82, 2.24) is 0 Å². The fraction of sp³-hybridized carbons (Fsp3) is 0.200. The Bertz CT molecular complexity index is 553. The minimum atomic E-state index is 0.755. The Kier molecular flexibility index (Phi) is 4.72. The minimum Gasteiger partial charge on any atom is -0.381 e. The molecule has 2 aromatic rings. The summed E-state index contributed by atoms with van der Waals surface area (Å²) in [6.45, 7) is 0.783. The van der Waals surface area contributed by atoms with Gasteiger partial charge in [-0.1, -0.05) is 39.7 Å². The van der Waals surface area contributed by atoms with Crippen LogP contribution in [0.5, 0.6) is 0 Å². The van der Waals surface area contributed by atoms with Crippen molar-refractivity contribution in [2.75, 3.05) is 24.3 Å². The van der Waals surface area contributed by atoms with Gasteiger partial charge >= 0.3 is 0 Å². The third-order valence-electron chi connectivity index (χ3n) is 2.84. The van der Waals surface area contributed by atoms with Gasteiger partial charge in [0.1, 0.15) is 0 Å². The van der Waals surface area contributed by atoms with Crippen LogP contribution in [0.3, 0.4) is 0 Å². The number of halogens is 2. The van der Waals surface area contributed by atoms with Crippen molar-refractivity contribution in [2.45, 2.75) is 6.54 Å². The number of hydrogen-bond donors (Lipinski definition) is 1. The highest BCUT2D eigenvalue weighted by Crippen LogP contribution is 2.27. The molecular formula is C15H16BrClN2. The molecule has 2 nitrogen and oxygen atoms in total. The molecule has 0 fully saturated rings. The van der Waals surface area contributed by atoms with E-state index in [1.807, 2.05) is 49.3 Å². The zero-order chi connectivity index (χ0) is 13.8. The maximum absolute atomic E-state index is 6.24. The Morgan fingerprint density at radius 1 is 1.11 bits per heavy atom. The molecule has 19 heavy (non-hydrogen) atoms. The summed E-state index contributed by atoms with van der Waals surface area (Å²) in [6.07, 6.45) is 0. The van der Waals surface area contributed by atoms with Crippen LogP contribution in [0.25, 0.3) is 0 Å². The maximum Gasteiger partial charge on any atom is 0.0659 e. The SMILES string of the molecule is CN(C)c1ccc(NCc2ccc(Br)cc2)cc1Cl. The average Bonchev–Trinajstić information content (AvgIpc) is 2.37. The first-order valence-electron chi connectivity index (χ1n) is 6.01. The lowest BCUT2D eigenvalue weighted by atomic mass is 10.2. The molecule has 0 amide bonds. The van der Waals surface area contributed by atoms with Gasteiger partial charge in [-0.3, -0.25) is 0 Å². The van der Waals surface area contributed by atoms with E-state index in [2.05, 4.69) is 33.4 Å². The molecule has 0 saturated carbocycles. The Morgan fingerprint density at radius 3 is 2.37 bits per heavy atom. The van der Waals surface area contributed by atoms with Gasteiger partial charge < -0.3 is 10.2 Å². The van der Waals surface area contributed by atoms with Gasteiger partial charge in [-0.05, 0) is 35.9 Å². The molecule has 4 heteroatoms. The fourth-order valence-corrected chi connectivity index (χ4v) is 2.40. The lowest BCUT2D eigenvalue weighted by Gasteiger charge is -2.15. The van der Waals surface area contributed by atoms with Crippen molar-refractivity contribution in [3.63, 3.8) is 0 Å². The van der Waals surface area contributed by atoms with Crippen molar-refractivity contribution in [1.29, 1.82) is 0 Å². The van der Waals surface area contributed by atoms with Crippen LogP contribution >= 0.6 is 27.5 Å². The van der Waals surface area contributed by atoms with Crippen molar-refractivity contribution in [3.05, 3.63) is 57.5 Å². The number of nitrogens with one attached hydrogen (secondary N) is 1. The molecule has 0 aliphatic carbocycles. The minimum absolute atomic E-state index is 0.755. The van der Waals surface area contributed by atoms with Gasteiger partial charge in [0.15, 0.2) is 0 Å². The quantitative estimate of drug-likeness (QED) is 0.862. The van der Waals surface area contributed by atoms with Gasteiger partial charge in [0.05, 0.1) is 10.7 Å². The van der Waals surface area contributed by atoms with E-state index in [0.717, 1.165) is 27.4 Å². The monoisotopic (exact) mass is 338 g/mol. The van der Waals surface area contributed by atoms with Crippen molar-refractivity contribution in [2.24, 2.45) is 0 Å². The molecule has 0 aliphatic rings. The van der Waals surface area contributed by atoms with E-state index in [1.165, 1.54) is 5.56 Å². The van der Waals surface area contributed by atoms with Gasteiger partial charge in [0.25, 0.3) is 0 Å². The van der Waals surface area contributed by atoms with Crippen LogP contribution in [0.4, 0.5) is 11.4 Å². The van der Waals surface area contributed by atoms with Gasteiger partial charge in [-0.15, -0.1) is 0 Å². The predicted octanol–water partition coefficient (Wildman–Crippen LogP) is 4.78. The molecular weight excluding hydrogens is 324 g/mol. The second-order valence-electron chi connectivity index (χ2n) is 4.54. The number of anilines is 2. The molecule has 0 radical (unpaired) electrons. The summed E-state index contributed by atoms with van der Waals surface area (Å²) in [5.74, 6) is 0. The Labute approximate surface area is 127 Å². The van der Waals surface area contributed by atoms with Crippen LogP contribution < -0.4 is 10.2 Å². The second kappa shape index (κ2) is 6.31. The molecule has 0 unspecified atom stereocenters. The second-order valence-corrected chi connectivity index (χ2v) is 5.86. The average molecular weight is 340 g/mol. The first kappa shape index (κ1) is 14.2. The third-order valence-corrected chi connectivity index (χ3v) is 3.67. The predicted molar refractivity (Wildman–Crippen MR) is 87.2 cm³/mol. The van der Waals surface area contributed by atoms with Gasteiger partial charge in [-0.2, -0.15) is 0 Å².